The van der Waals surface area contributed by atoms with E-state index >= 15 is 0 Å². The number of carboxylic acids is 1. The van der Waals surface area contributed by atoms with Crippen LogP contribution in [-0.2, 0) is 15.8 Å². The molecule has 24 heavy (non-hydrogen) atoms. The zero-order valence-corrected chi connectivity index (χ0v) is 12.3. The molecular weight excluding hydrogens is 329 g/mol. The number of hydrogen-bond acceptors (Lipinski definition) is 4. The Morgan fingerprint density at radius 3 is 2.38 bits per heavy atom. The van der Waals surface area contributed by atoms with Gasteiger partial charge in [-0.15, -0.1) is 0 Å². The summed E-state index contributed by atoms with van der Waals surface area (Å²) >= 11 is 0. The highest BCUT2D eigenvalue weighted by Crippen LogP contribution is 2.32. The van der Waals surface area contributed by atoms with Crippen molar-refractivity contribution in [3.63, 3.8) is 0 Å². The van der Waals surface area contributed by atoms with Crippen LogP contribution in [0.2, 0.25) is 0 Å². The molecule has 6 nitrogen and oxygen atoms in total. The number of carboxylic acid groups (broad SMARTS) is 1. The highest BCUT2D eigenvalue weighted by Gasteiger charge is 2.32. The fourth-order valence-electron chi connectivity index (χ4n) is 1.80. The van der Waals surface area contributed by atoms with Gasteiger partial charge in [0.1, 0.15) is 11.4 Å². The second-order valence-electron chi connectivity index (χ2n) is 4.48. The molecule has 0 heterocycles. The number of carbonyl (C=O) groups excluding carboxylic acids is 1. The molecular formula is C15H13F3N2O4. The smallest absolute Gasteiger partial charge is 0.416 e. The summed E-state index contributed by atoms with van der Waals surface area (Å²) in [6, 6.07) is 3.61. The van der Waals surface area contributed by atoms with Crippen LogP contribution >= 0.6 is 0 Å². The number of alkyl halides is 3. The highest BCUT2D eigenvalue weighted by atomic mass is 19.4. The number of carbonyl (C=O) groups is 2. The number of nitrogens with one attached hydrogen (secondary N) is 1. The Labute approximate surface area is 134 Å². The zero-order chi connectivity index (χ0) is 18.5. The molecule has 0 atom stereocenters. The van der Waals surface area contributed by atoms with Crippen LogP contribution in [0.15, 0.2) is 48.3 Å². The van der Waals surface area contributed by atoms with Crippen molar-refractivity contribution in [2.24, 2.45) is 0 Å². The molecule has 0 fully saturated rings. The average molecular weight is 342 g/mol. The second kappa shape index (κ2) is 7.44. The molecule has 1 aromatic rings. The number of amides is 1. The summed E-state index contributed by atoms with van der Waals surface area (Å²) in [7, 11) is 0. The van der Waals surface area contributed by atoms with Gasteiger partial charge in [-0.3, -0.25) is 15.1 Å². The molecule has 1 rings (SSSR count). The Kier molecular flexibility index (Phi) is 5.88. The summed E-state index contributed by atoms with van der Waals surface area (Å²) in [6.07, 6.45) is -2.40. The molecule has 1 amide bonds. The van der Waals surface area contributed by atoms with E-state index in [1.54, 1.807) is 0 Å². The van der Waals surface area contributed by atoms with Crippen LogP contribution in [0, 0.1) is 5.41 Å². The summed E-state index contributed by atoms with van der Waals surface area (Å²) in [5, 5.41) is 25.5. The fourth-order valence-corrected chi connectivity index (χ4v) is 1.80. The van der Waals surface area contributed by atoms with Crippen molar-refractivity contribution in [1.82, 2.24) is 0 Å². The van der Waals surface area contributed by atoms with Crippen molar-refractivity contribution >= 4 is 23.4 Å². The van der Waals surface area contributed by atoms with E-state index in [1.807, 2.05) is 0 Å². The van der Waals surface area contributed by atoms with E-state index in [2.05, 4.69) is 0 Å². The number of allylic oxidation sites excluding steroid dienone is 2. The zero-order valence-electron chi connectivity index (χ0n) is 12.3. The Morgan fingerprint density at radius 2 is 1.92 bits per heavy atom. The van der Waals surface area contributed by atoms with Crippen molar-refractivity contribution in [2.45, 2.75) is 13.1 Å². The van der Waals surface area contributed by atoms with Gasteiger partial charge in [0.05, 0.1) is 17.5 Å². The molecule has 0 saturated heterocycles. The largest absolute Gasteiger partial charge is 0.516 e. The van der Waals surface area contributed by atoms with E-state index in [0.29, 0.717) is 17.2 Å². The van der Waals surface area contributed by atoms with E-state index < -0.39 is 35.0 Å². The van der Waals surface area contributed by atoms with Crippen LogP contribution in [0.5, 0.6) is 0 Å². The maximum atomic E-state index is 12.8. The first-order valence-corrected chi connectivity index (χ1v) is 6.40. The molecule has 0 aromatic heterocycles. The lowest BCUT2D eigenvalue weighted by atomic mass is 10.1. The molecule has 128 valence electrons. The predicted molar refractivity (Wildman–Crippen MR) is 79.8 cm³/mol. The molecule has 0 unspecified atom stereocenters. The minimum Gasteiger partial charge on any atom is -0.516 e. The molecule has 0 spiro atoms. The number of aliphatic hydroxyl groups excluding tert-OH is 1. The minimum atomic E-state index is -4.66. The summed E-state index contributed by atoms with van der Waals surface area (Å²) in [5.41, 5.74) is -2.04. The van der Waals surface area contributed by atoms with Gasteiger partial charge in [0.2, 0.25) is 5.91 Å². The van der Waals surface area contributed by atoms with Crippen molar-refractivity contribution in [3.8, 4) is 0 Å². The van der Waals surface area contributed by atoms with Crippen LogP contribution in [0.1, 0.15) is 12.5 Å². The van der Waals surface area contributed by atoms with Gasteiger partial charge in [-0.25, -0.2) is 4.79 Å². The molecule has 0 aliphatic rings. The van der Waals surface area contributed by atoms with Gasteiger partial charge in [-0.1, -0.05) is 6.07 Å². The SMILES string of the molecule is CC(=O)N(C(=N)C(=CC=CO)C(=O)O)c1cccc(C(F)(F)F)c1. The lowest BCUT2D eigenvalue weighted by molar-refractivity contribution is -0.137. The maximum absolute atomic E-state index is 12.8. The summed E-state index contributed by atoms with van der Waals surface area (Å²) in [4.78, 5) is 23.5. The number of amidine groups is 1. The Bertz CT molecular complexity index is 724. The quantitative estimate of drug-likeness (QED) is 0.257. The van der Waals surface area contributed by atoms with Crippen LogP contribution < -0.4 is 4.90 Å². The first kappa shape index (κ1) is 18.9. The number of rotatable bonds is 4. The monoisotopic (exact) mass is 342 g/mol. The van der Waals surface area contributed by atoms with E-state index in [1.165, 1.54) is 0 Å². The lowest BCUT2D eigenvalue weighted by Crippen LogP contribution is -2.37. The molecule has 0 aliphatic heterocycles. The number of nitrogens with zero attached hydrogens (tertiary/aromatic N) is 1. The van der Waals surface area contributed by atoms with Gasteiger partial charge in [0, 0.05) is 6.92 Å². The number of benzene rings is 1. The van der Waals surface area contributed by atoms with E-state index in [9.17, 15) is 22.8 Å². The standard InChI is InChI=1S/C15H13F3N2O4/c1-9(22)20(13(19)12(14(23)24)6-3-7-21)11-5-2-4-10(8-11)15(16,17)18/h2-8,19,21H,1H3,(H,23,24). The molecule has 0 aliphatic carbocycles. The van der Waals surface area contributed by atoms with Crippen LogP contribution in [0.3, 0.4) is 0 Å². The number of aliphatic hydroxyl groups is 1. The first-order chi connectivity index (χ1) is 11.1. The molecule has 0 saturated carbocycles. The number of anilines is 1. The van der Waals surface area contributed by atoms with Gasteiger partial charge in [-0.05, 0) is 30.4 Å². The fraction of sp³-hybridized carbons (Fsp3) is 0.133. The second-order valence-corrected chi connectivity index (χ2v) is 4.48. The molecule has 0 bridgehead atoms. The lowest BCUT2D eigenvalue weighted by Gasteiger charge is -2.23. The normalized spacial score (nSPS) is 12.2. The van der Waals surface area contributed by atoms with Crippen molar-refractivity contribution < 1.29 is 33.0 Å². The molecule has 0 radical (unpaired) electrons. The molecule has 1 aromatic carbocycles. The molecule has 3 N–H and O–H groups in total. The van der Waals surface area contributed by atoms with E-state index in [4.69, 9.17) is 15.6 Å². The van der Waals surface area contributed by atoms with Crippen molar-refractivity contribution in [2.75, 3.05) is 4.90 Å². The van der Waals surface area contributed by atoms with Gasteiger partial charge in [0.25, 0.3) is 0 Å². The van der Waals surface area contributed by atoms with Crippen LogP contribution in [0.4, 0.5) is 18.9 Å². The van der Waals surface area contributed by atoms with Crippen LogP contribution in [-0.4, -0.2) is 27.9 Å². The number of aliphatic carboxylic acids is 1. The highest BCUT2D eigenvalue weighted by molar-refractivity contribution is 6.30. The summed E-state index contributed by atoms with van der Waals surface area (Å²) < 4.78 is 38.4. The van der Waals surface area contributed by atoms with Crippen molar-refractivity contribution in [1.29, 1.82) is 5.41 Å². The van der Waals surface area contributed by atoms with E-state index in [-0.39, 0.29) is 5.69 Å². The maximum Gasteiger partial charge on any atom is 0.416 e. The van der Waals surface area contributed by atoms with Gasteiger partial charge in [-0.2, -0.15) is 13.2 Å². The Balaban J connectivity index is 3.41. The minimum absolute atomic E-state index is 0.303. The first-order valence-electron chi connectivity index (χ1n) is 6.40. The van der Waals surface area contributed by atoms with E-state index in [0.717, 1.165) is 37.3 Å². The third kappa shape index (κ3) is 4.45. The topological polar surface area (TPSA) is 102 Å². The number of halogens is 3. The molecule has 9 heteroatoms. The van der Waals surface area contributed by atoms with Crippen molar-refractivity contribution in [3.05, 3.63) is 53.8 Å². The van der Waals surface area contributed by atoms with Gasteiger partial charge >= 0.3 is 12.1 Å². The predicted octanol–water partition coefficient (Wildman–Crippen LogP) is 3.12. The summed E-state index contributed by atoms with van der Waals surface area (Å²) in [6.45, 7) is 0.982. The number of hydrogen-bond donors (Lipinski definition) is 3. The van der Waals surface area contributed by atoms with Gasteiger partial charge < -0.3 is 10.2 Å². The summed E-state index contributed by atoms with van der Waals surface area (Å²) in [5.74, 6) is -3.27. The Morgan fingerprint density at radius 1 is 1.29 bits per heavy atom. The third-order valence-corrected chi connectivity index (χ3v) is 2.80. The van der Waals surface area contributed by atoms with Crippen LogP contribution in [0.25, 0.3) is 0 Å². The third-order valence-electron chi connectivity index (χ3n) is 2.80. The Hall–Kier alpha value is -3.10. The average Bonchev–Trinajstić information content (AvgIpc) is 2.46. The van der Waals surface area contributed by atoms with Gasteiger partial charge in [0.15, 0.2) is 0 Å².